The first-order chi connectivity index (χ1) is 11.6. The molecule has 2 rings (SSSR count). The van der Waals surface area contributed by atoms with Gasteiger partial charge in [0.1, 0.15) is 6.54 Å². The van der Waals surface area contributed by atoms with Crippen LogP contribution in [0.5, 0.6) is 11.5 Å². The number of nitrogens with two attached hydrogens (primary N) is 2. The highest BCUT2D eigenvalue weighted by molar-refractivity contribution is 6.32. The molecule has 0 fully saturated rings. The van der Waals surface area contributed by atoms with Crippen molar-refractivity contribution in [2.24, 2.45) is 0 Å². The van der Waals surface area contributed by atoms with Crippen molar-refractivity contribution in [2.45, 2.75) is 6.54 Å². The number of amides is 1. The van der Waals surface area contributed by atoms with E-state index in [1.54, 1.807) is 7.11 Å². The molecule has 9 nitrogen and oxygen atoms in total. The van der Waals surface area contributed by atoms with E-state index < -0.39 is 5.91 Å². The largest absolute Gasteiger partial charge is 0.493 e. The van der Waals surface area contributed by atoms with E-state index in [-0.39, 0.29) is 11.5 Å². The third kappa shape index (κ3) is 4.27. The van der Waals surface area contributed by atoms with Gasteiger partial charge < -0.3 is 25.8 Å². The van der Waals surface area contributed by atoms with Crippen molar-refractivity contribution in [3.63, 3.8) is 0 Å². The highest BCUT2D eigenvalue weighted by Gasteiger charge is 2.15. The number of hydrogen-bond donors (Lipinski definition) is 3. The molecule has 0 aliphatic rings. The fourth-order valence-corrected chi connectivity index (χ4v) is 2.39. The van der Waals surface area contributed by atoms with Gasteiger partial charge in [-0.15, -0.1) is 0 Å². The maximum atomic E-state index is 11.7. The summed E-state index contributed by atoms with van der Waals surface area (Å²) in [6.45, 7) is 1.76. The molecule has 5 N–H and O–H groups in total. The normalized spacial score (nSPS) is 10.5. The summed E-state index contributed by atoms with van der Waals surface area (Å²) in [5.41, 5.74) is 6.41. The molecular weight excluding hydrogens is 338 g/mol. The van der Waals surface area contributed by atoms with Gasteiger partial charge in [0, 0.05) is 5.56 Å². The fraction of sp³-hybridized carbons (Fsp3) is 0.357. The number of carbonyl (C=O) groups is 1. The second kappa shape index (κ2) is 8.37. The standard InChI is InChI=1S/C14H18ClN5O4/c1-22-10-6-8(5-9(15)12(10)23-2)7-17-3-4-18-14(21)11-13(16)20-24-19-11/h5-6,17H,3-4,7H2,1-2H3,(H2,16,20)(H,18,21)/p+1. The molecule has 0 saturated heterocycles. The SMILES string of the molecule is COc1cc(C[NH2+]CCNC(=O)c2nonc2N)cc(Cl)c1OC. The second-order valence-electron chi connectivity index (χ2n) is 4.85. The predicted molar refractivity (Wildman–Crippen MR) is 86.1 cm³/mol. The molecule has 1 aromatic carbocycles. The van der Waals surface area contributed by atoms with Crippen LogP contribution >= 0.6 is 11.6 Å². The van der Waals surface area contributed by atoms with Crippen LogP contribution in [0.25, 0.3) is 0 Å². The van der Waals surface area contributed by atoms with Crippen LogP contribution in [0.1, 0.15) is 16.1 Å². The Bertz CT molecular complexity index is 706. The summed E-state index contributed by atoms with van der Waals surface area (Å²) < 4.78 is 14.8. The van der Waals surface area contributed by atoms with E-state index >= 15 is 0 Å². The summed E-state index contributed by atoms with van der Waals surface area (Å²) in [6.07, 6.45) is 0. The van der Waals surface area contributed by atoms with Crippen LogP contribution in [-0.2, 0) is 6.54 Å². The summed E-state index contributed by atoms with van der Waals surface area (Å²) in [5.74, 6) is 0.637. The van der Waals surface area contributed by atoms with E-state index in [4.69, 9.17) is 26.8 Å². The van der Waals surface area contributed by atoms with Crippen LogP contribution in [0.15, 0.2) is 16.8 Å². The first-order valence-corrected chi connectivity index (χ1v) is 7.53. The zero-order valence-electron chi connectivity index (χ0n) is 13.3. The number of anilines is 1. The molecule has 0 bridgehead atoms. The van der Waals surface area contributed by atoms with Gasteiger partial charge in [-0.3, -0.25) is 4.79 Å². The molecule has 1 heterocycles. The second-order valence-corrected chi connectivity index (χ2v) is 5.26. The number of methoxy groups -OCH3 is 2. The van der Waals surface area contributed by atoms with Crippen molar-refractivity contribution in [1.82, 2.24) is 15.6 Å². The van der Waals surface area contributed by atoms with Crippen LogP contribution < -0.4 is 25.8 Å². The van der Waals surface area contributed by atoms with E-state index in [0.717, 1.165) is 5.56 Å². The summed E-state index contributed by atoms with van der Waals surface area (Å²) in [5, 5.41) is 12.0. The van der Waals surface area contributed by atoms with E-state index in [1.165, 1.54) is 7.11 Å². The first-order valence-electron chi connectivity index (χ1n) is 7.15. The quantitative estimate of drug-likeness (QED) is 0.559. The number of ether oxygens (including phenoxy) is 2. The Kier molecular flexibility index (Phi) is 6.21. The third-order valence-corrected chi connectivity index (χ3v) is 3.52. The van der Waals surface area contributed by atoms with Crippen molar-refractivity contribution in [2.75, 3.05) is 33.0 Å². The number of carbonyl (C=O) groups excluding carboxylic acids is 1. The number of aromatic nitrogens is 2. The van der Waals surface area contributed by atoms with Gasteiger partial charge in [0.15, 0.2) is 11.5 Å². The number of nitrogens with zero attached hydrogens (tertiary/aromatic N) is 2. The van der Waals surface area contributed by atoms with E-state index in [0.29, 0.717) is 36.2 Å². The Balaban J connectivity index is 1.79. The number of nitrogen functional groups attached to an aromatic ring is 1. The van der Waals surface area contributed by atoms with Crippen molar-refractivity contribution in [1.29, 1.82) is 0 Å². The molecule has 24 heavy (non-hydrogen) atoms. The summed E-state index contributed by atoms with van der Waals surface area (Å²) in [6, 6.07) is 3.68. The molecular formula is C14H19ClN5O4+. The lowest BCUT2D eigenvalue weighted by Crippen LogP contribution is -2.84. The van der Waals surface area contributed by atoms with Gasteiger partial charge in [0.25, 0.3) is 5.91 Å². The Morgan fingerprint density at radius 3 is 2.79 bits per heavy atom. The molecule has 2 aromatic rings. The van der Waals surface area contributed by atoms with Gasteiger partial charge in [0.2, 0.25) is 11.5 Å². The minimum atomic E-state index is -0.420. The molecule has 0 aliphatic carbocycles. The minimum absolute atomic E-state index is 0.0123. The molecule has 1 amide bonds. The zero-order chi connectivity index (χ0) is 17.5. The number of halogens is 1. The van der Waals surface area contributed by atoms with Crippen LogP contribution in [0.2, 0.25) is 5.02 Å². The smallest absolute Gasteiger partial charge is 0.277 e. The molecule has 0 atom stereocenters. The van der Waals surface area contributed by atoms with Crippen LogP contribution in [0.4, 0.5) is 5.82 Å². The van der Waals surface area contributed by atoms with Crippen LogP contribution in [0.3, 0.4) is 0 Å². The lowest BCUT2D eigenvalue weighted by molar-refractivity contribution is -0.668. The van der Waals surface area contributed by atoms with E-state index in [2.05, 4.69) is 20.3 Å². The van der Waals surface area contributed by atoms with Gasteiger partial charge in [-0.25, -0.2) is 4.63 Å². The predicted octanol–water partition coefficient (Wildman–Crippen LogP) is -0.184. The maximum absolute atomic E-state index is 11.7. The van der Waals surface area contributed by atoms with Crippen LogP contribution in [-0.4, -0.2) is 43.5 Å². The molecule has 10 heteroatoms. The first kappa shape index (κ1) is 17.8. The molecule has 0 unspecified atom stereocenters. The number of hydrogen-bond acceptors (Lipinski definition) is 7. The monoisotopic (exact) mass is 356 g/mol. The number of benzene rings is 1. The molecule has 0 saturated carbocycles. The Morgan fingerprint density at radius 2 is 2.17 bits per heavy atom. The molecule has 0 spiro atoms. The zero-order valence-corrected chi connectivity index (χ0v) is 14.1. The average Bonchev–Trinajstić information content (AvgIpc) is 2.99. The summed E-state index contributed by atoms with van der Waals surface area (Å²) >= 11 is 6.16. The number of quaternary nitrogens is 1. The molecule has 1 aromatic heterocycles. The average molecular weight is 357 g/mol. The molecule has 0 aliphatic heterocycles. The van der Waals surface area contributed by atoms with Gasteiger partial charge in [-0.05, 0) is 22.4 Å². The number of nitrogens with one attached hydrogen (secondary N) is 1. The van der Waals surface area contributed by atoms with Gasteiger partial charge in [-0.1, -0.05) is 11.6 Å². The highest BCUT2D eigenvalue weighted by atomic mass is 35.5. The van der Waals surface area contributed by atoms with Crippen molar-refractivity contribution in [3.05, 3.63) is 28.4 Å². The van der Waals surface area contributed by atoms with E-state index in [9.17, 15) is 4.79 Å². The van der Waals surface area contributed by atoms with Gasteiger partial charge >= 0.3 is 0 Å². The van der Waals surface area contributed by atoms with Crippen molar-refractivity contribution >= 4 is 23.3 Å². The number of rotatable bonds is 8. The maximum Gasteiger partial charge on any atom is 0.277 e. The van der Waals surface area contributed by atoms with Crippen molar-refractivity contribution < 1.29 is 24.2 Å². The van der Waals surface area contributed by atoms with E-state index in [1.807, 2.05) is 17.4 Å². The van der Waals surface area contributed by atoms with Crippen LogP contribution in [0, 0.1) is 0 Å². The Labute approximate surface area is 143 Å². The van der Waals surface area contributed by atoms with Crippen molar-refractivity contribution in [3.8, 4) is 11.5 Å². The topological polar surface area (TPSA) is 129 Å². The Hall–Kier alpha value is -2.52. The third-order valence-electron chi connectivity index (χ3n) is 3.24. The minimum Gasteiger partial charge on any atom is -0.493 e. The molecule has 0 radical (unpaired) electrons. The molecule has 130 valence electrons. The highest BCUT2D eigenvalue weighted by Crippen LogP contribution is 2.35. The fourth-order valence-electron chi connectivity index (χ4n) is 2.08. The van der Waals surface area contributed by atoms with Gasteiger partial charge in [0.05, 0.1) is 32.3 Å². The summed E-state index contributed by atoms with van der Waals surface area (Å²) in [4.78, 5) is 11.7. The van der Waals surface area contributed by atoms with Gasteiger partial charge in [-0.2, -0.15) is 0 Å². The lowest BCUT2D eigenvalue weighted by Gasteiger charge is -2.11. The lowest BCUT2D eigenvalue weighted by atomic mass is 10.2. The Morgan fingerprint density at radius 1 is 1.38 bits per heavy atom. The summed E-state index contributed by atoms with van der Waals surface area (Å²) in [7, 11) is 3.09.